The highest BCUT2D eigenvalue weighted by Crippen LogP contribution is 2.32. The number of hydrogen-bond donors (Lipinski definition) is 0. The Morgan fingerprint density at radius 2 is 1.76 bits per heavy atom. The Balaban J connectivity index is 2.42. The van der Waals surface area contributed by atoms with E-state index in [2.05, 4.69) is 0 Å². The summed E-state index contributed by atoms with van der Waals surface area (Å²) in [5, 5.41) is -0.392. The number of hydrogen-bond acceptors (Lipinski definition) is 3. The van der Waals surface area contributed by atoms with E-state index >= 15 is 0 Å². The summed E-state index contributed by atoms with van der Waals surface area (Å²) in [6, 6.07) is 3.74. The SMILES string of the molecule is Cc1cc(CC(=O)CCCCCS(=O)(=O)C(C)C)ccc1C(F)(F)F. The highest BCUT2D eigenvalue weighted by Gasteiger charge is 2.32. The number of carbonyl (C=O) groups excluding carboxylic acids is 1. The maximum atomic E-state index is 12.7. The first-order valence-corrected chi connectivity index (χ1v) is 10.0. The van der Waals surface area contributed by atoms with Crippen molar-refractivity contribution in [2.24, 2.45) is 0 Å². The topological polar surface area (TPSA) is 51.2 Å². The van der Waals surface area contributed by atoms with Crippen LogP contribution < -0.4 is 0 Å². The summed E-state index contributed by atoms with van der Waals surface area (Å²) >= 11 is 0. The van der Waals surface area contributed by atoms with Crippen LogP contribution in [0.2, 0.25) is 0 Å². The molecule has 0 spiro atoms. The number of rotatable bonds is 9. The van der Waals surface area contributed by atoms with Gasteiger partial charge in [0.25, 0.3) is 0 Å². The second-order valence-electron chi connectivity index (χ2n) is 6.59. The largest absolute Gasteiger partial charge is 0.416 e. The third-order valence-corrected chi connectivity index (χ3v) is 6.39. The van der Waals surface area contributed by atoms with Crippen LogP contribution in [0.4, 0.5) is 13.2 Å². The smallest absolute Gasteiger partial charge is 0.299 e. The minimum atomic E-state index is -4.39. The Morgan fingerprint density at radius 3 is 2.28 bits per heavy atom. The standard InChI is InChI=1S/C18H25F3O3S/c1-13(2)25(23,24)10-6-4-5-7-16(22)12-15-8-9-17(14(3)11-15)18(19,20)21/h8-9,11,13H,4-7,10,12H2,1-3H3. The Bertz CT molecular complexity index is 692. The van der Waals surface area contributed by atoms with Crippen molar-refractivity contribution in [2.75, 3.05) is 5.75 Å². The van der Waals surface area contributed by atoms with E-state index in [0.29, 0.717) is 31.2 Å². The van der Waals surface area contributed by atoms with Crippen molar-refractivity contribution < 1.29 is 26.4 Å². The number of aryl methyl sites for hydroxylation is 1. The molecule has 0 bridgehead atoms. The summed E-state index contributed by atoms with van der Waals surface area (Å²) in [7, 11) is -3.05. The first-order chi connectivity index (χ1) is 11.4. The second-order valence-corrected chi connectivity index (χ2v) is 9.27. The third kappa shape index (κ3) is 7.18. The van der Waals surface area contributed by atoms with Crippen molar-refractivity contribution in [3.8, 4) is 0 Å². The maximum absolute atomic E-state index is 12.7. The zero-order valence-corrected chi connectivity index (χ0v) is 15.6. The number of sulfone groups is 1. The fraction of sp³-hybridized carbons (Fsp3) is 0.611. The molecule has 0 aliphatic rings. The lowest BCUT2D eigenvalue weighted by atomic mass is 9.99. The van der Waals surface area contributed by atoms with Gasteiger partial charge in [0.05, 0.1) is 16.6 Å². The number of carbonyl (C=O) groups is 1. The van der Waals surface area contributed by atoms with Crippen molar-refractivity contribution in [3.63, 3.8) is 0 Å². The van der Waals surface area contributed by atoms with Crippen LogP contribution in [0.25, 0.3) is 0 Å². The first kappa shape index (κ1) is 21.7. The van der Waals surface area contributed by atoms with Gasteiger partial charge in [0.1, 0.15) is 5.78 Å². The van der Waals surface area contributed by atoms with E-state index in [-0.39, 0.29) is 23.5 Å². The predicted octanol–water partition coefficient (Wildman–Crippen LogP) is 4.51. The quantitative estimate of drug-likeness (QED) is 0.594. The summed E-state index contributed by atoms with van der Waals surface area (Å²) in [4.78, 5) is 11.9. The number of benzene rings is 1. The third-order valence-electron chi connectivity index (χ3n) is 4.10. The maximum Gasteiger partial charge on any atom is 0.416 e. The molecule has 0 fully saturated rings. The van der Waals surface area contributed by atoms with E-state index in [1.54, 1.807) is 13.8 Å². The van der Waals surface area contributed by atoms with Gasteiger partial charge in [-0.15, -0.1) is 0 Å². The molecule has 1 aromatic rings. The summed E-state index contributed by atoms with van der Waals surface area (Å²) < 4.78 is 61.4. The molecule has 0 aliphatic heterocycles. The van der Waals surface area contributed by atoms with Gasteiger partial charge in [-0.05, 0) is 50.8 Å². The summed E-state index contributed by atoms with van der Waals surface area (Å²) in [6.45, 7) is 4.67. The average Bonchev–Trinajstić information content (AvgIpc) is 2.45. The van der Waals surface area contributed by atoms with Crippen LogP contribution in [0.15, 0.2) is 18.2 Å². The summed E-state index contributed by atoms with van der Waals surface area (Å²) in [5.41, 5.74) is -0.00959. The molecule has 0 aliphatic carbocycles. The van der Waals surface area contributed by atoms with Crippen LogP contribution >= 0.6 is 0 Å². The van der Waals surface area contributed by atoms with Gasteiger partial charge in [-0.25, -0.2) is 8.42 Å². The zero-order chi connectivity index (χ0) is 19.3. The van der Waals surface area contributed by atoms with E-state index in [1.165, 1.54) is 19.1 Å². The molecular formula is C18H25F3O3S. The molecule has 0 radical (unpaired) electrons. The molecule has 0 aromatic heterocycles. The molecule has 25 heavy (non-hydrogen) atoms. The molecule has 142 valence electrons. The lowest BCUT2D eigenvalue weighted by Crippen LogP contribution is -2.17. The molecule has 3 nitrogen and oxygen atoms in total. The van der Waals surface area contributed by atoms with Gasteiger partial charge in [-0.1, -0.05) is 18.6 Å². The summed E-state index contributed by atoms with van der Waals surface area (Å²) in [5.74, 6) is 0.0719. The number of Topliss-reactive ketones (excluding diaryl/α,β-unsaturated/α-hetero) is 1. The number of unbranched alkanes of at least 4 members (excludes halogenated alkanes) is 2. The Labute approximate surface area is 147 Å². The fourth-order valence-corrected chi connectivity index (χ4v) is 3.59. The number of ketones is 1. The first-order valence-electron chi connectivity index (χ1n) is 8.33. The minimum Gasteiger partial charge on any atom is -0.299 e. The lowest BCUT2D eigenvalue weighted by molar-refractivity contribution is -0.138. The molecule has 1 rings (SSSR count). The molecule has 0 unspecified atom stereocenters. The van der Waals surface area contributed by atoms with Crippen molar-refractivity contribution in [2.45, 2.75) is 64.3 Å². The van der Waals surface area contributed by atoms with E-state index in [1.807, 2.05) is 0 Å². The van der Waals surface area contributed by atoms with Gasteiger partial charge in [0, 0.05) is 12.8 Å². The van der Waals surface area contributed by atoms with E-state index < -0.39 is 26.8 Å². The Kier molecular flexibility index (Phi) is 7.65. The highest BCUT2D eigenvalue weighted by molar-refractivity contribution is 7.91. The molecular weight excluding hydrogens is 353 g/mol. The van der Waals surface area contributed by atoms with Gasteiger partial charge in [0.15, 0.2) is 9.84 Å². The number of alkyl halides is 3. The number of halogens is 3. The van der Waals surface area contributed by atoms with E-state index in [9.17, 15) is 26.4 Å². The monoisotopic (exact) mass is 378 g/mol. The average molecular weight is 378 g/mol. The fourth-order valence-electron chi connectivity index (χ4n) is 2.51. The highest BCUT2D eigenvalue weighted by atomic mass is 32.2. The van der Waals surface area contributed by atoms with Crippen LogP contribution in [0.3, 0.4) is 0 Å². The molecule has 0 heterocycles. The summed E-state index contributed by atoms with van der Waals surface area (Å²) in [6.07, 6.45) is -2.23. The molecule has 7 heteroatoms. The predicted molar refractivity (Wildman–Crippen MR) is 92.3 cm³/mol. The van der Waals surface area contributed by atoms with E-state index in [0.717, 1.165) is 6.07 Å². The van der Waals surface area contributed by atoms with Crippen LogP contribution in [0.1, 0.15) is 56.2 Å². The van der Waals surface area contributed by atoms with Gasteiger partial charge >= 0.3 is 6.18 Å². The van der Waals surface area contributed by atoms with Crippen molar-refractivity contribution in [1.82, 2.24) is 0 Å². The normalized spacial score (nSPS) is 12.6. The van der Waals surface area contributed by atoms with Gasteiger partial charge in [-0.2, -0.15) is 13.2 Å². The lowest BCUT2D eigenvalue weighted by Gasteiger charge is -2.11. The van der Waals surface area contributed by atoms with Crippen LogP contribution in [-0.4, -0.2) is 25.2 Å². The van der Waals surface area contributed by atoms with E-state index in [4.69, 9.17) is 0 Å². The molecule has 0 saturated heterocycles. The van der Waals surface area contributed by atoms with Gasteiger partial charge in [0.2, 0.25) is 0 Å². The molecule has 0 saturated carbocycles. The van der Waals surface area contributed by atoms with Crippen LogP contribution in [-0.2, 0) is 27.2 Å². The second kappa shape index (κ2) is 8.83. The van der Waals surface area contributed by atoms with Crippen LogP contribution in [0, 0.1) is 6.92 Å². The van der Waals surface area contributed by atoms with Crippen molar-refractivity contribution >= 4 is 15.6 Å². The Hall–Kier alpha value is -1.37. The minimum absolute atomic E-state index is 0.0501. The Morgan fingerprint density at radius 1 is 1.12 bits per heavy atom. The van der Waals surface area contributed by atoms with Crippen molar-refractivity contribution in [1.29, 1.82) is 0 Å². The molecule has 0 amide bonds. The van der Waals surface area contributed by atoms with Gasteiger partial charge in [-0.3, -0.25) is 4.79 Å². The van der Waals surface area contributed by atoms with Crippen LogP contribution in [0.5, 0.6) is 0 Å². The molecule has 1 aromatic carbocycles. The molecule has 0 N–H and O–H groups in total. The zero-order valence-electron chi connectivity index (χ0n) is 14.8. The van der Waals surface area contributed by atoms with Crippen molar-refractivity contribution in [3.05, 3.63) is 34.9 Å². The van der Waals surface area contributed by atoms with Gasteiger partial charge < -0.3 is 0 Å². The molecule has 0 atom stereocenters.